The smallest absolute Gasteiger partial charge is 0.118 e. The van der Waals surface area contributed by atoms with Gasteiger partial charge in [0.1, 0.15) is 11.0 Å². The van der Waals surface area contributed by atoms with Crippen molar-refractivity contribution in [2.45, 2.75) is 6.42 Å². The van der Waals surface area contributed by atoms with Crippen molar-refractivity contribution in [2.75, 3.05) is 0 Å². The lowest BCUT2D eigenvalue weighted by molar-refractivity contribution is 0.962. The van der Waals surface area contributed by atoms with E-state index in [1.165, 1.54) is 0 Å². The molecular formula is C14H10Cl2N2. The second-order valence-corrected chi connectivity index (χ2v) is 4.91. The maximum Gasteiger partial charge on any atom is 0.118 e. The zero-order valence-corrected chi connectivity index (χ0v) is 11.0. The van der Waals surface area contributed by atoms with Crippen LogP contribution in [0.15, 0.2) is 48.7 Å². The molecule has 0 unspecified atom stereocenters. The van der Waals surface area contributed by atoms with Gasteiger partial charge in [0.25, 0.3) is 0 Å². The van der Waals surface area contributed by atoms with Crippen molar-refractivity contribution in [3.05, 3.63) is 70.2 Å². The first-order valence-corrected chi connectivity index (χ1v) is 6.35. The number of fused-ring (bicyclic) bond motifs is 1. The Hall–Kier alpha value is -1.51. The van der Waals surface area contributed by atoms with Gasteiger partial charge in [-0.15, -0.1) is 0 Å². The molecule has 0 aliphatic rings. The van der Waals surface area contributed by atoms with Gasteiger partial charge in [-0.3, -0.25) is 4.40 Å². The fourth-order valence-electron chi connectivity index (χ4n) is 1.98. The van der Waals surface area contributed by atoms with Gasteiger partial charge < -0.3 is 0 Å². The summed E-state index contributed by atoms with van der Waals surface area (Å²) in [5.41, 5.74) is 2.17. The highest BCUT2D eigenvalue weighted by molar-refractivity contribution is 6.30. The van der Waals surface area contributed by atoms with E-state index >= 15 is 0 Å². The van der Waals surface area contributed by atoms with Crippen LogP contribution >= 0.6 is 23.2 Å². The SMILES string of the molecule is Clc1ccc(Cc2ncc3cccc(Cl)n23)cc1. The normalized spacial score (nSPS) is 11.0. The van der Waals surface area contributed by atoms with Crippen LogP contribution < -0.4 is 0 Å². The Balaban J connectivity index is 2.02. The first-order valence-electron chi connectivity index (χ1n) is 5.59. The van der Waals surface area contributed by atoms with Crippen molar-refractivity contribution >= 4 is 28.7 Å². The van der Waals surface area contributed by atoms with Crippen LogP contribution in [0, 0.1) is 0 Å². The molecule has 0 saturated heterocycles. The third-order valence-corrected chi connectivity index (χ3v) is 3.40. The summed E-state index contributed by atoms with van der Waals surface area (Å²) in [6.07, 6.45) is 2.56. The highest BCUT2D eigenvalue weighted by Crippen LogP contribution is 2.18. The first kappa shape index (κ1) is 11.6. The number of pyridine rings is 1. The van der Waals surface area contributed by atoms with Crippen LogP contribution in [-0.4, -0.2) is 9.38 Å². The lowest BCUT2D eigenvalue weighted by Crippen LogP contribution is -1.97. The number of halogens is 2. The van der Waals surface area contributed by atoms with E-state index in [4.69, 9.17) is 23.2 Å². The molecule has 0 N–H and O–H groups in total. The molecule has 0 bridgehead atoms. The van der Waals surface area contributed by atoms with Crippen molar-refractivity contribution < 1.29 is 0 Å². The van der Waals surface area contributed by atoms with Crippen LogP contribution in [0.4, 0.5) is 0 Å². The van der Waals surface area contributed by atoms with Crippen LogP contribution in [0.3, 0.4) is 0 Å². The van der Waals surface area contributed by atoms with Gasteiger partial charge in [-0.1, -0.05) is 41.4 Å². The van der Waals surface area contributed by atoms with E-state index in [1.807, 2.05) is 53.1 Å². The number of nitrogens with zero attached hydrogens (tertiary/aromatic N) is 2. The molecule has 2 heterocycles. The van der Waals surface area contributed by atoms with Gasteiger partial charge in [0.2, 0.25) is 0 Å². The van der Waals surface area contributed by atoms with Crippen molar-refractivity contribution in [2.24, 2.45) is 0 Å². The Morgan fingerprint density at radius 1 is 1.00 bits per heavy atom. The third kappa shape index (κ3) is 2.09. The van der Waals surface area contributed by atoms with Gasteiger partial charge in [0.15, 0.2) is 0 Å². The van der Waals surface area contributed by atoms with Crippen LogP contribution in [-0.2, 0) is 6.42 Å². The van der Waals surface area contributed by atoms with Crippen molar-refractivity contribution in [1.82, 2.24) is 9.38 Å². The summed E-state index contributed by atoms with van der Waals surface area (Å²) in [4.78, 5) is 4.42. The molecule has 1 aromatic carbocycles. The number of hydrogen-bond acceptors (Lipinski definition) is 1. The highest BCUT2D eigenvalue weighted by Gasteiger charge is 2.07. The van der Waals surface area contributed by atoms with E-state index in [0.717, 1.165) is 28.3 Å². The summed E-state index contributed by atoms with van der Waals surface area (Å²) in [6.45, 7) is 0. The lowest BCUT2D eigenvalue weighted by Gasteiger charge is -2.04. The average Bonchev–Trinajstić information content (AvgIpc) is 2.77. The maximum absolute atomic E-state index is 6.20. The Morgan fingerprint density at radius 3 is 2.56 bits per heavy atom. The topological polar surface area (TPSA) is 17.3 Å². The van der Waals surface area contributed by atoms with E-state index in [2.05, 4.69) is 4.98 Å². The van der Waals surface area contributed by atoms with Crippen LogP contribution in [0.5, 0.6) is 0 Å². The van der Waals surface area contributed by atoms with Gasteiger partial charge in [0.05, 0.1) is 11.7 Å². The molecule has 0 radical (unpaired) electrons. The average molecular weight is 277 g/mol. The van der Waals surface area contributed by atoms with Gasteiger partial charge in [-0.2, -0.15) is 0 Å². The molecule has 0 fully saturated rings. The summed E-state index contributed by atoms with van der Waals surface area (Å²) < 4.78 is 1.95. The van der Waals surface area contributed by atoms with Gasteiger partial charge in [0, 0.05) is 11.4 Å². The lowest BCUT2D eigenvalue weighted by atomic mass is 10.1. The second-order valence-electron chi connectivity index (χ2n) is 4.09. The summed E-state index contributed by atoms with van der Waals surface area (Å²) in [6, 6.07) is 13.5. The highest BCUT2D eigenvalue weighted by atomic mass is 35.5. The molecule has 0 aliphatic carbocycles. The summed E-state index contributed by atoms with van der Waals surface area (Å²) in [7, 11) is 0. The number of rotatable bonds is 2. The summed E-state index contributed by atoms with van der Waals surface area (Å²) in [5, 5.41) is 1.42. The molecule has 0 atom stereocenters. The molecule has 4 heteroatoms. The molecule has 3 aromatic rings. The molecule has 0 spiro atoms. The number of imidazole rings is 1. The monoisotopic (exact) mass is 276 g/mol. The predicted molar refractivity (Wildman–Crippen MR) is 74.5 cm³/mol. The molecule has 0 saturated carbocycles. The molecular weight excluding hydrogens is 267 g/mol. The Labute approximate surface area is 115 Å². The quantitative estimate of drug-likeness (QED) is 0.641. The molecule has 18 heavy (non-hydrogen) atoms. The maximum atomic E-state index is 6.20. The van der Waals surface area contributed by atoms with Crippen LogP contribution in [0.25, 0.3) is 5.52 Å². The zero-order valence-electron chi connectivity index (χ0n) is 9.48. The van der Waals surface area contributed by atoms with Crippen molar-refractivity contribution in [3.63, 3.8) is 0 Å². The molecule has 90 valence electrons. The Kier molecular flexibility index (Phi) is 2.98. The van der Waals surface area contributed by atoms with Gasteiger partial charge >= 0.3 is 0 Å². The first-order chi connectivity index (χ1) is 8.74. The molecule has 3 rings (SSSR count). The van der Waals surface area contributed by atoms with Gasteiger partial charge in [-0.05, 0) is 29.8 Å². The van der Waals surface area contributed by atoms with E-state index < -0.39 is 0 Å². The molecule has 2 aromatic heterocycles. The Bertz CT molecular complexity index is 687. The van der Waals surface area contributed by atoms with E-state index in [0.29, 0.717) is 5.15 Å². The largest absolute Gasteiger partial charge is 0.287 e. The van der Waals surface area contributed by atoms with E-state index in [9.17, 15) is 0 Å². The number of aromatic nitrogens is 2. The van der Waals surface area contributed by atoms with E-state index in [-0.39, 0.29) is 0 Å². The number of hydrogen-bond donors (Lipinski definition) is 0. The van der Waals surface area contributed by atoms with Crippen molar-refractivity contribution in [1.29, 1.82) is 0 Å². The molecule has 0 amide bonds. The zero-order chi connectivity index (χ0) is 12.5. The summed E-state index contributed by atoms with van der Waals surface area (Å²) >= 11 is 12.1. The predicted octanol–water partition coefficient (Wildman–Crippen LogP) is 4.23. The number of benzene rings is 1. The standard InChI is InChI=1S/C14H10Cl2N2/c15-11-6-4-10(5-7-11)8-14-17-9-12-2-1-3-13(16)18(12)14/h1-7,9H,8H2. The van der Waals surface area contributed by atoms with Crippen molar-refractivity contribution in [3.8, 4) is 0 Å². The van der Waals surface area contributed by atoms with E-state index in [1.54, 1.807) is 0 Å². The van der Waals surface area contributed by atoms with Crippen LogP contribution in [0.1, 0.15) is 11.4 Å². The molecule has 2 nitrogen and oxygen atoms in total. The van der Waals surface area contributed by atoms with Gasteiger partial charge in [-0.25, -0.2) is 4.98 Å². The third-order valence-electron chi connectivity index (χ3n) is 2.85. The fourth-order valence-corrected chi connectivity index (χ4v) is 2.37. The minimum absolute atomic E-state index is 0.675. The minimum Gasteiger partial charge on any atom is -0.287 e. The fraction of sp³-hybridized carbons (Fsp3) is 0.0714. The van der Waals surface area contributed by atoms with Crippen LogP contribution in [0.2, 0.25) is 10.2 Å². The Morgan fingerprint density at radius 2 is 1.78 bits per heavy atom. The molecule has 0 aliphatic heterocycles. The second kappa shape index (κ2) is 4.63. The minimum atomic E-state index is 0.675. The summed E-state index contributed by atoms with van der Waals surface area (Å²) in [5.74, 6) is 0.929.